The summed E-state index contributed by atoms with van der Waals surface area (Å²) in [6.07, 6.45) is 5.75. The molecule has 1 atom stereocenters. The summed E-state index contributed by atoms with van der Waals surface area (Å²) in [4.78, 5) is 25.2. The molecule has 3 heteroatoms. The van der Waals surface area contributed by atoms with Gasteiger partial charge in [0.2, 0.25) is 0 Å². The second-order valence-corrected chi connectivity index (χ2v) is 2.49. The smallest absolute Gasteiger partial charge is 0.161 e. The van der Waals surface area contributed by atoms with E-state index in [2.05, 4.69) is 4.99 Å². The zero-order valence-corrected chi connectivity index (χ0v) is 6.28. The summed E-state index contributed by atoms with van der Waals surface area (Å²) in [5.74, 6) is -0.0883. The average Bonchev–Trinajstić information content (AvgIpc) is 2.38. The van der Waals surface area contributed by atoms with Gasteiger partial charge in [0.1, 0.15) is 11.8 Å². The van der Waals surface area contributed by atoms with E-state index < -0.39 is 5.54 Å². The van der Waals surface area contributed by atoms with Crippen molar-refractivity contribution in [3.8, 4) is 0 Å². The molecule has 0 bridgehead atoms. The largest absolute Gasteiger partial charge is 0.303 e. The zero-order valence-electron chi connectivity index (χ0n) is 6.28. The van der Waals surface area contributed by atoms with Gasteiger partial charge < -0.3 is 4.79 Å². The van der Waals surface area contributed by atoms with Crippen LogP contribution in [0.3, 0.4) is 0 Å². The predicted molar refractivity (Wildman–Crippen MR) is 41.7 cm³/mol. The van der Waals surface area contributed by atoms with Gasteiger partial charge in [-0.15, -0.1) is 0 Å². The molecule has 0 aliphatic carbocycles. The first-order valence-corrected chi connectivity index (χ1v) is 3.39. The molecule has 1 rings (SSSR count). The number of hydrogen-bond donors (Lipinski definition) is 0. The van der Waals surface area contributed by atoms with Gasteiger partial charge in [-0.25, -0.2) is 0 Å². The summed E-state index contributed by atoms with van der Waals surface area (Å²) >= 11 is 0. The highest BCUT2D eigenvalue weighted by atomic mass is 16.1. The topological polar surface area (TPSA) is 46.5 Å². The van der Waals surface area contributed by atoms with Crippen LogP contribution in [-0.2, 0) is 9.59 Å². The molecule has 1 heterocycles. The first kappa shape index (κ1) is 7.85. The normalized spacial score (nSPS) is 27.4. The summed E-state index contributed by atoms with van der Waals surface area (Å²) in [6.45, 7) is 1.44. The number of aliphatic imine (C=N–C) groups is 1. The minimum absolute atomic E-state index is 0.0883. The highest BCUT2D eigenvalue weighted by Gasteiger charge is 2.32. The Morgan fingerprint density at radius 2 is 2.45 bits per heavy atom. The van der Waals surface area contributed by atoms with E-state index in [1.54, 1.807) is 18.4 Å². The van der Waals surface area contributed by atoms with Gasteiger partial charge in [-0.2, -0.15) is 0 Å². The number of allylic oxidation sites excluding steroid dienone is 1. The van der Waals surface area contributed by atoms with E-state index in [0.29, 0.717) is 6.29 Å². The van der Waals surface area contributed by atoms with Crippen LogP contribution in [0.25, 0.3) is 0 Å². The Morgan fingerprint density at radius 3 is 2.82 bits per heavy atom. The van der Waals surface area contributed by atoms with E-state index in [-0.39, 0.29) is 12.2 Å². The number of nitrogens with zero attached hydrogens (tertiary/aromatic N) is 1. The van der Waals surface area contributed by atoms with E-state index in [0.717, 1.165) is 0 Å². The van der Waals surface area contributed by atoms with E-state index in [9.17, 15) is 9.59 Å². The lowest BCUT2D eigenvalue weighted by molar-refractivity contribution is -0.122. The summed E-state index contributed by atoms with van der Waals surface area (Å²) in [7, 11) is 0. The number of rotatable bonds is 3. The van der Waals surface area contributed by atoms with Crippen LogP contribution in [0.5, 0.6) is 0 Å². The second-order valence-electron chi connectivity index (χ2n) is 2.49. The lowest BCUT2D eigenvalue weighted by Gasteiger charge is -2.16. The van der Waals surface area contributed by atoms with Gasteiger partial charge in [-0.3, -0.25) is 9.79 Å². The average molecular weight is 151 g/mol. The SMILES string of the molecule is CC(=O)C1(CC=O)C=CC=N1. The molecule has 0 amide bonds. The summed E-state index contributed by atoms with van der Waals surface area (Å²) < 4.78 is 0. The fourth-order valence-electron chi connectivity index (χ4n) is 1.02. The number of Topliss-reactive ketones (excluding diaryl/α,β-unsaturated/α-hetero) is 1. The molecule has 0 radical (unpaired) electrons. The third-order valence-corrected chi connectivity index (χ3v) is 1.77. The highest BCUT2D eigenvalue weighted by Crippen LogP contribution is 2.21. The van der Waals surface area contributed by atoms with Gasteiger partial charge in [0, 0.05) is 12.6 Å². The van der Waals surface area contributed by atoms with Crippen LogP contribution in [-0.4, -0.2) is 23.8 Å². The first-order valence-electron chi connectivity index (χ1n) is 3.39. The molecule has 0 aromatic heterocycles. The van der Waals surface area contributed by atoms with Gasteiger partial charge in [-0.1, -0.05) is 0 Å². The number of ketones is 1. The molecule has 0 saturated heterocycles. The number of aldehydes is 1. The maximum absolute atomic E-state index is 11.0. The van der Waals surface area contributed by atoms with E-state index in [1.165, 1.54) is 6.92 Å². The first-order chi connectivity index (χ1) is 5.21. The van der Waals surface area contributed by atoms with Crippen LogP contribution in [0, 0.1) is 0 Å². The van der Waals surface area contributed by atoms with Crippen LogP contribution in [0.15, 0.2) is 17.1 Å². The molecule has 1 aliphatic rings. The lowest BCUT2D eigenvalue weighted by Crippen LogP contribution is -2.31. The molecular weight excluding hydrogens is 142 g/mol. The molecule has 0 spiro atoms. The van der Waals surface area contributed by atoms with Crippen molar-refractivity contribution in [2.75, 3.05) is 0 Å². The third-order valence-electron chi connectivity index (χ3n) is 1.77. The standard InChI is InChI=1S/C8H9NO2/c1-7(11)8(4-6-10)3-2-5-9-8/h2-3,5-6H,4H2,1H3. The molecule has 3 nitrogen and oxygen atoms in total. The molecule has 0 aromatic carbocycles. The van der Waals surface area contributed by atoms with Crippen LogP contribution < -0.4 is 0 Å². The maximum Gasteiger partial charge on any atom is 0.161 e. The monoisotopic (exact) mass is 151 g/mol. The highest BCUT2D eigenvalue weighted by molar-refractivity contribution is 5.96. The molecule has 1 aliphatic heterocycles. The fraction of sp³-hybridized carbons (Fsp3) is 0.375. The molecular formula is C8H9NO2. The minimum atomic E-state index is -0.873. The van der Waals surface area contributed by atoms with E-state index >= 15 is 0 Å². The van der Waals surface area contributed by atoms with Gasteiger partial charge in [0.05, 0.1) is 0 Å². The van der Waals surface area contributed by atoms with Crippen molar-refractivity contribution in [3.05, 3.63) is 12.2 Å². The van der Waals surface area contributed by atoms with E-state index in [4.69, 9.17) is 0 Å². The van der Waals surface area contributed by atoms with Crippen molar-refractivity contribution in [1.82, 2.24) is 0 Å². The molecule has 0 N–H and O–H groups in total. The van der Waals surface area contributed by atoms with Crippen molar-refractivity contribution in [2.24, 2.45) is 4.99 Å². The van der Waals surface area contributed by atoms with Crippen LogP contribution in [0.1, 0.15) is 13.3 Å². The summed E-state index contributed by atoms with van der Waals surface area (Å²) in [5, 5.41) is 0. The van der Waals surface area contributed by atoms with Gasteiger partial charge in [-0.05, 0) is 19.1 Å². The molecule has 0 saturated carbocycles. The summed E-state index contributed by atoms with van der Waals surface area (Å²) in [5.41, 5.74) is -0.873. The Morgan fingerprint density at radius 1 is 1.73 bits per heavy atom. The Bertz CT molecular complexity index is 228. The number of carbonyl (C=O) groups is 2. The van der Waals surface area contributed by atoms with Crippen molar-refractivity contribution in [3.63, 3.8) is 0 Å². The van der Waals surface area contributed by atoms with Gasteiger partial charge in [0.25, 0.3) is 0 Å². The van der Waals surface area contributed by atoms with Crippen LogP contribution >= 0.6 is 0 Å². The van der Waals surface area contributed by atoms with Crippen molar-refractivity contribution in [2.45, 2.75) is 18.9 Å². The molecule has 11 heavy (non-hydrogen) atoms. The van der Waals surface area contributed by atoms with Crippen molar-refractivity contribution in [1.29, 1.82) is 0 Å². The predicted octanol–water partition coefficient (Wildman–Crippen LogP) is 0.544. The zero-order chi connectivity index (χ0) is 8.32. The quantitative estimate of drug-likeness (QED) is 0.553. The Balaban J connectivity index is 2.89. The van der Waals surface area contributed by atoms with Crippen LogP contribution in [0.2, 0.25) is 0 Å². The second kappa shape index (κ2) is 2.78. The van der Waals surface area contributed by atoms with Gasteiger partial charge >= 0.3 is 0 Å². The lowest BCUT2D eigenvalue weighted by atomic mass is 9.93. The van der Waals surface area contributed by atoms with E-state index in [1.807, 2.05) is 0 Å². The third kappa shape index (κ3) is 1.27. The van der Waals surface area contributed by atoms with Gasteiger partial charge in [0.15, 0.2) is 5.78 Å². The molecule has 0 fully saturated rings. The molecule has 58 valence electrons. The Labute approximate surface area is 64.8 Å². The Kier molecular flexibility index (Phi) is 1.98. The number of hydrogen-bond acceptors (Lipinski definition) is 3. The van der Waals surface area contributed by atoms with Crippen LogP contribution in [0.4, 0.5) is 0 Å². The maximum atomic E-state index is 11.0. The molecule has 0 aromatic rings. The van der Waals surface area contributed by atoms with Crippen molar-refractivity contribution < 1.29 is 9.59 Å². The molecule has 1 unspecified atom stereocenters. The Hall–Kier alpha value is -1.25. The number of carbonyl (C=O) groups excluding carboxylic acids is 2. The minimum Gasteiger partial charge on any atom is -0.303 e. The fourth-order valence-corrected chi connectivity index (χ4v) is 1.02. The summed E-state index contributed by atoms with van der Waals surface area (Å²) in [6, 6.07) is 0. The van der Waals surface area contributed by atoms with Crippen molar-refractivity contribution >= 4 is 18.3 Å².